The van der Waals surface area contributed by atoms with Gasteiger partial charge < -0.3 is 9.01 Å². The van der Waals surface area contributed by atoms with E-state index in [9.17, 15) is 0 Å². The van der Waals surface area contributed by atoms with Gasteiger partial charge in [0, 0.05) is 6.07 Å². The molecule has 0 radical (unpaired) electrons. The molecule has 1 heterocycles. The van der Waals surface area contributed by atoms with Crippen LogP contribution >= 0.6 is 0 Å². The third-order valence-electron chi connectivity index (χ3n) is 1.13. The predicted octanol–water partition coefficient (Wildman–Crippen LogP) is 0.881. The summed E-state index contributed by atoms with van der Waals surface area (Å²) in [5.74, 6) is 0. The maximum Gasteiger partial charge on any atom is 0.138 e. The molecule has 0 aliphatic heterocycles. The maximum absolute atomic E-state index is 4.70. The van der Waals surface area contributed by atoms with E-state index in [0.29, 0.717) is 0 Å². The smallest absolute Gasteiger partial charge is 0.138 e. The Hall–Kier alpha value is -0.830. The average Bonchev–Trinajstić information content (AvgIpc) is 2.12. The van der Waals surface area contributed by atoms with Gasteiger partial charge in [-0.05, 0) is 0 Å². The van der Waals surface area contributed by atoms with Crippen LogP contribution in [0, 0.1) is 0 Å². The average molecular weight is 141 g/mol. The van der Waals surface area contributed by atoms with E-state index in [0.717, 1.165) is 16.7 Å². The number of nitrogens with zero attached hydrogens (tertiary/aromatic N) is 2. The summed E-state index contributed by atoms with van der Waals surface area (Å²) < 4.78 is 5.58. The highest BCUT2D eigenvalue weighted by molar-refractivity contribution is 4.92. The fourth-order valence-corrected chi connectivity index (χ4v) is 0.805. The van der Waals surface area contributed by atoms with Gasteiger partial charge in [-0.1, -0.05) is 5.16 Å². The lowest BCUT2D eigenvalue weighted by Crippen LogP contribution is -2.33. The second-order valence-corrected chi connectivity index (χ2v) is 3.44. The lowest BCUT2D eigenvalue weighted by atomic mass is 10.4. The summed E-state index contributed by atoms with van der Waals surface area (Å²) in [6, 6.07) is 1.89. The van der Waals surface area contributed by atoms with Crippen molar-refractivity contribution < 1.29 is 9.01 Å². The second-order valence-electron chi connectivity index (χ2n) is 3.44. The predicted molar refractivity (Wildman–Crippen MR) is 38.2 cm³/mol. The van der Waals surface area contributed by atoms with Crippen LogP contribution in [0.25, 0.3) is 0 Å². The van der Waals surface area contributed by atoms with Crippen molar-refractivity contribution in [3.05, 3.63) is 18.0 Å². The van der Waals surface area contributed by atoms with E-state index in [1.165, 1.54) is 0 Å². The Morgan fingerprint density at radius 3 is 2.60 bits per heavy atom. The summed E-state index contributed by atoms with van der Waals surface area (Å²) in [7, 11) is 6.36. The van der Waals surface area contributed by atoms with Crippen LogP contribution in [0.15, 0.2) is 16.9 Å². The normalized spacial score (nSPS) is 11.9. The SMILES string of the molecule is C[N+](C)(C)Cc1ccon1. The maximum atomic E-state index is 4.70. The van der Waals surface area contributed by atoms with Crippen molar-refractivity contribution in [3.63, 3.8) is 0 Å². The fourth-order valence-electron chi connectivity index (χ4n) is 0.805. The van der Waals surface area contributed by atoms with Gasteiger partial charge in [-0.2, -0.15) is 0 Å². The zero-order valence-electron chi connectivity index (χ0n) is 6.66. The molecule has 10 heavy (non-hydrogen) atoms. The highest BCUT2D eigenvalue weighted by Crippen LogP contribution is 2.02. The van der Waals surface area contributed by atoms with Crippen LogP contribution in [-0.4, -0.2) is 30.8 Å². The second kappa shape index (κ2) is 2.42. The molecule has 0 saturated carbocycles. The molecule has 0 atom stereocenters. The first-order chi connectivity index (χ1) is 4.58. The van der Waals surface area contributed by atoms with Gasteiger partial charge in [0.2, 0.25) is 0 Å². The largest absolute Gasteiger partial charge is 0.364 e. The third kappa shape index (κ3) is 2.19. The van der Waals surface area contributed by atoms with Gasteiger partial charge in [-0.15, -0.1) is 0 Å². The van der Waals surface area contributed by atoms with E-state index in [1.807, 2.05) is 6.07 Å². The first kappa shape index (κ1) is 7.28. The molecule has 3 heteroatoms. The Balaban J connectivity index is 2.57. The highest BCUT2D eigenvalue weighted by atomic mass is 16.5. The third-order valence-corrected chi connectivity index (χ3v) is 1.13. The van der Waals surface area contributed by atoms with E-state index in [2.05, 4.69) is 26.3 Å². The van der Waals surface area contributed by atoms with Crippen LogP contribution in [0.3, 0.4) is 0 Å². The number of hydrogen-bond acceptors (Lipinski definition) is 2. The molecular formula is C7H13N2O+. The van der Waals surface area contributed by atoms with Crippen LogP contribution < -0.4 is 0 Å². The Bertz CT molecular complexity index is 186. The Kier molecular flexibility index (Phi) is 1.76. The molecule has 56 valence electrons. The summed E-state index contributed by atoms with van der Waals surface area (Å²) >= 11 is 0. The molecule has 0 spiro atoms. The summed E-state index contributed by atoms with van der Waals surface area (Å²) in [4.78, 5) is 0. The van der Waals surface area contributed by atoms with Crippen molar-refractivity contribution in [1.29, 1.82) is 0 Å². The van der Waals surface area contributed by atoms with Crippen LogP contribution in [0.2, 0.25) is 0 Å². The minimum Gasteiger partial charge on any atom is -0.364 e. The Morgan fingerprint density at radius 2 is 2.20 bits per heavy atom. The molecule has 0 aromatic carbocycles. The molecule has 0 bridgehead atoms. The first-order valence-electron chi connectivity index (χ1n) is 3.28. The highest BCUT2D eigenvalue weighted by Gasteiger charge is 2.09. The monoisotopic (exact) mass is 141 g/mol. The quantitative estimate of drug-likeness (QED) is 0.571. The lowest BCUT2D eigenvalue weighted by molar-refractivity contribution is -0.884. The van der Waals surface area contributed by atoms with Crippen molar-refractivity contribution in [2.45, 2.75) is 6.54 Å². The van der Waals surface area contributed by atoms with E-state index in [4.69, 9.17) is 4.52 Å². The minimum atomic E-state index is 0.881. The van der Waals surface area contributed by atoms with Crippen LogP contribution in [-0.2, 0) is 6.54 Å². The number of hydrogen-bond donors (Lipinski definition) is 0. The van der Waals surface area contributed by atoms with E-state index >= 15 is 0 Å². The first-order valence-corrected chi connectivity index (χ1v) is 3.28. The molecule has 0 N–H and O–H groups in total. The molecule has 0 aliphatic rings. The molecule has 3 nitrogen and oxygen atoms in total. The van der Waals surface area contributed by atoms with Gasteiger partial charge in [-0.25, -0.2) is 0 Å². The molecule has 0 saturated heterocycles. The molecule has 1 aromatic rings. The number of quaternary nitrogens is 1. The van der Waals surface area contributed by atoms with Crippen molar-refractivity contribution >= 4 is 0 Å². The Labute approximate surface area is 60.8 Å². The molecule has 0 amide bonds. The lowest BCUT2D eigenvalue weighted by Gasteiger charge is -2.21. The van der Waals surface area contributed by atoms with Gasteiger partial charge in [-0.3, -0.25) is 0 Å². The van der Waals surface area contributed by atoms with Crippen LogP contribution in [0.1, 0.15) is 5.69 Å². The van der Waals surface area contributed by atoms with Gasteiger partial charge >= 0.3 is 0 Å². The van der Waals surface area contributed by atoms with Gasteiger partial charge in [0.05, 0.1) is 21.1 Å². The standard InChI is InChI=1S/C7H13N2O/c1-9(2,3)6-7-4-5-10-8-7/h4-5H,6H2,1-3H3/q+1. The topological polar surface area (TPSA) is 26.0 Å². The van der Waals surface area contributed by atoms with Crippen molar-refractivity contribution in [1.82, 2.24) is 5.16 Å². The fraction of sp³-hybridized carbons (Fsp3) is 0.571. The van der Waals surface area contributed by atoms with Crippen molar-refractivity contribution in [2.75, 3.05) is 21.1 Å². The molecule has 0 unspecified atom stereocenters. The van der Waals surface area contributed by atoms with E-state index < -0.39 is 0 Å². The van der Waals surface area contributed by atoms with Gasteiger partial charge in [0.25, 0.3) is 0 Å². The van der Waals surface area contributed by atoms with Crippen LogP contribution in [0.4, 0.5) is 0 Å². The molecule has 1 aromatic heterocycles. The zero-order chi connectivity index (χ0) is 7.61. The van der Waals surface area contributed by atoms with E-state index in [1.54, 1.807) is 6.26 Å². The summed E-state index contributed by atoms with van der Waals surface area (Å²) in [5, 5.41) is 3.81. The van der Waals surface area contributed by atoms with Gasteiger partial charge in [0.1, 0.15) is 18.5 Å². The van der Waals surface area contributed by atoms with Crippen LogP contribution in [0.5, 0.6) is 0 Å². The number of aromatic nitrogens is 1. The zero-order valence-corrected chi connectivity index (χ0v) is 6.66. The van der Waals surface area contributed by atoms with Crippen molar-refractivity contribution in [2.24, 2.45) is 0 Å². The summed E-state index contributed by atoms with van der Waals surface area (Å²) in [5.41, 5.74) is 1.01. The Morgan fingerprint density at radius 1 is 1.50 bits per heavy atom. The van der Waals surface area contributed by atoms with Gasteiger partial charge in [0.15, 0.2) is 0 Å². The van der Waals surface area contributed by atoms with E-state index in [-0.39, 0.29) is 0 Å². The molecule has 1 rings (SSSR count). The minimum absolute atomic E-state index is 0.881. The molecular weight excluding hydrogens is 128 g/mol. The molecule has 0 aliphatic carbocycles. The summed E-state index contributed by atoms with van der Waals surface area (Å²) in [6.07, 6.45) is 1.60. The molecule has 0 fully saturated rings. The number of rotatable bonds is 2. The summed E-state index contributed by atoms with van der Waals surface area (Å²) in [6.45, 7) is 0.913. The van der Waals surface area contributed by atoms with Crippen molar-refractivity contribution in [3.8, 4) is 0 Å².